The Morgan fingerprint density at radius 3 is 2.92 bits per heavy atom. The van der Waals surface area contributed by atoms with Gasteiger partial charge in [-0.25, -0.2) is 0 Å². The van der Waals surface area contributed by atoms with Gasteiger partial charge in [0.2, 0.25) is 11.8 Å². The molecule has 1 aromatic carbocycles. The van der Waals surface area contributed by atoms with Crippen molar-refractivity contribution in [2.45, 2.75) is 58.2 Å². The van der Waals surface area contributed by atoms with Crippen molar-refractivity contribution < 1.29 is 9.59 Å². The van der Waals surface area contributed by atoms with Crippen molar-refractivity contribution in [1.82, 2.24) is 15.5 Å². The van der Waals surface area contributed by atoms with Gasteiger partial charge in [0, 0.05) is 31.5 Å². The van der Waals surface area contributed by atoms with Gasteiger partial charge in [0.05, 0.1) is 0 Å². The molecule has 3 fully saturated rings. The maximum absolute atomic E-state index is 13.1. The number of benzene rings is 1. The van der Waals surface area contributed by atoms with Crippen molar-refractivity contribution >= 4 is 11.8 Å². The predicted molar refractivity (Wildman–Crippen MR) is 101 cm³/mol. The van der Waals surface area contributed by atoms with Crippen LogP contribution in [0, 0.1) is 25.7 Å². The first-order chi connectivity index (χ1) is 12.5. The molecule has 3 saturated heterocycles. The number of rotatable bonds is 3. The summed E-state index contributed by atoms with van der Waals surface area (Å²) in [6.45, 7) is 6.47. The highest BCUT2D eigenvalue weighted by molar-refractivity contribution is 5.89. The quantitative estimate of drug-likeness (QED) is 0.871. The summed E-state index contributed by atoms with van der Waals surface area (Å²) in [5, 5.41) is 6.62. The molecule has 0 aliphatic carbocycles. The SMILES string of the molecule is Cc1ccc(C)c(CNC(=O)[C@H]2[C@@H]3CNC[C@@H](C3)[C@@H]3CCCC(=O)N32)c1. The minimum atomic E-state index is -0.318. The van der Waals surface area contributed by atoms with Crippen LogP contribution >= 0.6 is 0 Å². The van der Waals surface area contributed by atoms with E-state index in [4.69, 9.17) is 0 Å². The summed E-state index contributed by atoms with van der Waals surface area (Å²) in [7, 11) is 0. The summed E-state index contributed by atoms with van der Waals surface area (Å²) >= 11 is 0. The molecule has 3 aliphatic heterocycles. The van der Waals surface area contributed by atoms with Crippen LogP contribution in [0.2, 0.25) is 0 Å². The Morgan fingerprint density at radius 2 is 2.08 bits per heavy atom. The lowest BCUT2D eigenvalue weighted by molar-refractivity contribution is -0.157. The third-order valence-corrected chi connectivity index (χ3v) is 6.47. The minimum Gasteiger partial charge on any atom is -0.350 e. The topological polar surface area (TPSA) is 61.4 Å². The van der Waals surface area contributed by atoms with E-state index in [2.05, 4.69) is 42.7 Å². The molecule has 5 nitrogen and oxygen atoms in total. The second-order valence-corrected chi connectivity index (χ2v) is 8.27. The Balaban J connectivity index is 1.53. The van der Waals surface area contributed by atoms with Gasteiger partial charge in [-0.3, -0.25) is 9.59 Å². The molecular formula is C21H29N3O2. The Morgan fingerprint density at radius 1 is 1.27 bits per heavy atom. The summed E-state index contributed by atoms with van der Waals surface area (Å²) in [5.41, 5.74) is 3.53. The molecular weight excluding hydrogens is 326 g/mol. The van der Waals surface area contributed by atoms with Crippen LogP contribution in [0.15, 0.2) is 18.2 Å². The zero-order chi connectivity index (χ0) is 18.3. The van der Waals surface area contributed by atoms with Crippen LogP contribution in [-0.4, -0.2) is 41.9 Å². The van der Waals surface area contributed by atoms with Crippen LogP contribution in [0.4, 0.5) is 0 Å². The summed E-state index contributed by atoms with van der Waals surface area (Å²) < 4.78 is 0. The molecule has 0 spiro atoms. The molecule has 3 aliphatic rings. The van der Waals surface area contributed by atoms with E-state index in [-0.39, 0.29) is 29.8 Å². The second-order valence-electron chi connectivity index (χ2n) is 8.27. The molecule has 2 bridgehead atoms. The van der Waals surface area contributed by atoms with Gasteiger partial charge in [0.25, 0.3) is 0 Å². The van der Waals surface area contributed by atoms with Crippen LogP contribution < -0.4 is 10.6 Å². The number of fused-ring (bicyclic) bond motifs is 4. The van der Waals surface area contributed by atoms with E-state index in [1.807, 2.05) is 4.90 Å². The number of nitrogens with zero attached hydrogens (tertiary/aromatic N) is 1. The van der Waals surface area contributed by atoms with E-state index in [9.17, 15) is 9.59 Å². The fourth-order valence-electron chi connectivity index (χ4n) is 5.13. The molecule has 140 valence electrons. The first-order valence-corrected chi connectivity index (χ1v) is 9.90. The lowest BCUT2D eigenvalue weighted by Gasteiger charge is -2.53. The van der Waals surface area contributed by atoms with Crippen molar-refractivity contribution in [3.8, 4) is 0 Å². The highest BCUT2D eigenvalue weighted by Gasteiger charge is 2.50. The van der Waals surface area contributed by atoms with Gasteiger partial charge in [0.1, 0.15) is 6.04 Å². The van der Waals surface area contributed by atoms with Crippen molar-refractivity contribution in [3.63, 3.8) is 0 Å². The second kappa shape index (κ2) is 7.03. The summed E-state index contributed by atoms with van der Waals surface area (Å²) in [6, 6.07) is 6.23. The normalized spacial score (nSPS) is 30.7. The standard InChI is InChI=1S/C21H29N3O2/c1-13-6-7-14(2)15(8-13)12-23-21(26)20-17-9-16(10-22-11-17)18-4-3-5-19(25)24(18)20/h6-8,16-18,20,22H,3-5,9-12H2,1-2H3,(H,23,26)/t16-,17+,18+,20-/m1/s1. The molecule has 2 amide bonds. The van der Waals surface area contributed by atoms with Crippen LogP contribution in [0.3, 0.4) is 0 Å². The Hall–Kier alpha value is -1.88. The van der Waals surface area contributed by atoms with E-state index in [1.165, 1.54) is 11.1 Å². The highest BCUT2D eigenvalue weighted by Crippen LogP contribution is 2.39. The van der Waals surface area contributed by atoms with E-state index in [0.717, 1.165) is 37.9 Å². The Bertz CT molecular complexity index is 717. The fourth-order valence-corrected chi connectivity index (χ4v) is 5.13. The summed E-state index contributed by atoms with van der Waals surface area (Å²) in [5.74, 6) is 0.912. The van der Waals surface area contributed by atoms with Crippen molar-refractivity contribution in [2.75, 3.05) is 13.1 Å². The molecule has 0 aromatic heterocycles. The Kier molecular flexibility index (Phi) is 4.74. The van der Waals surface area contributed by atoms with E-state index >= 15 is 0 Å². The number of hydrogen-bond acceptors (Lipinski definition) is 3. The van der Waals surface area contributed by atoms with Gasteiger partial charge in [-0.1, -0.05) is 23.8 Å². The minimum absolute atomic E-state index is 0.0123. The summed E-state index contributed by atoms with van der Waals surface area (Å²) in [4.78, 5) is 27.8. The van der Waals surface area contributed by atoms with Crippen LogP contribution in [0.1, 0.15) is 42.4 Å². The highest BCUT2D eigenvalue weighted by atomic mass is 16.2. The molecule has 0 unspecified atom stereocenters. The van der Waals surface area contributed by atoms with Crippen molar-refractivity contribution in [2.24, 2.45) is 11.8 Å². The smallest absolute Gasteiger partial charge is 0.243 e. The van der Waals surface area contributed by atoms with Crippen molar-refractivity contribution in [3.05, 3.63) is 34.9 Å². The number of piperidine rings is 3. The van der Waals surface area contributed by atoms with Gasteiger partial charge in [-0.15, -0.1) is 0 Å². The van der Waals surface area contributed by atoms with Gasteiger partial charge >= 0.3 is 0 Å². The Labute approximate surface area is 155 Å². The number of carbonyl (C=O) groups excluding carboxylic acids is 2. The lowest BCUT2D eigenvalue weighted by atomic mass is 9.72. The number of nitrogens with one attached hydrogen (secondary N) is 2. The van der Waals surface area contributed by atoms with Crippen LogP contribution in [0.5, 0.6) is 0 Å². The maximum atomic E-state index is 13.1. The average molecular weight is 355 g/mol. The van der Waals surface area contributed by atoms with Gasteiger partial charge in [-0.2, -0.15) is 0 Å². The maximum Gasteiger partial charge on any atom is 0.243 e. The van der Waals surface area contributed by atoms with E-state index in [0.29, 0.717) is 18.9 Å². The molecule has 2 N–H and O–H groups in total. The summed E-state index contributed by atoms with van der Waals surface area (Å²) in [6.07, 6.45) is 3.64. The molecule has 4 rings (SSSR count). The molecule has 0 radical (unpaired) electrons. The monoisotopic (exact) mass is 355 g/mol. The largest absolute Gasteiger partial charge is 0.350 e. The number of carbonyl (C=O) groups is 2. The van der Waals surface area contributed by atoms with Crippen LogP contribution in [-0.2, 0) is 16.1 Å². The zero-order valence-electron chi connectivity index (χ0n) is 15.8. The van der Waals surface area contributed by atoms with Crippen LogP contribution in [0.25, 0.3) is 0 Å². The number of amides is 2. The number of hydrogen-bond donors (Lipinski definition) is 2. The van der Waals surface area contributed by atoms with E-state index in [1.54, 1.807) is 0 Å². The first kappa shape index (κ1) is 17.5. The van der Waals surface area contributed by atoms with Gasteiger partial charge in [-0.05, 0) is 56.7 Å². The molecule has 5 heteroatoms. The lowest BCUT2D eigenvalue weighted by Crippen LogP contribution is -2.67. The van der Waals surface area contributed by atoms with Crippen molar-refractivity contribution in [1.29, 1.82) is 0 Å². The van der Waals surface area contributed by atoms with E-state index < -0.39 is 0 Å². The molecule has 3 heterocycles. The first-order valence-electron chi connectivity index (χ1n) is 9.90. The fraction of sp³-hybridized carbons (Fsp3) is 0.619. The number of aryl methyl sites for hydroxylation is 2. The predicted octanol–water partition coefficient (Wildman–Crippen LogP) is 1.91. The molecule has 1 aromatic rings. The third-order valence-electron chi connectivity index (χ3n) is 6.47. The molecule has 0 saturated carbocycles. The third kappa shape index (κ3) is 3.13. The molecule has 26 heavy (non-hydrogen) atoms. The average Bonchev–Trinajstić information content (AvgIpc) is 2.63. The zero-order valence-corrected chi connectivity index (χ0v) is 15.8. The van der Waals surface area contributed by atoms with Gasteiger partial charge < -0.3 is 15.5 Å². The van der Waals surface area contributed by atoms with Gasteiger partial charge in [0.15, 0.2) is 0 Å². The molecule has 4 atom stereocenters.